The molecular weight excluding hydrogens is 317 g/mol. The van der Waals surface area contributed by atoms with E-state index in [2.05, 4.69) is 4.98 Å². The van der Waals surface area contributed by atoms with Crippen molar-refractivity contribution in [1.82, 2.24) is 4.98 Å². The molecule has 0 radical (unpaired) electrons. The number of nitrogens with zero attached hydrogens (tertiary/aromatic N) is 1. The number of hydrogen-bond acceptors (Lipinski definition) is 2. The van der Waals surface area contributed by atoms with Gasteiger partial charge in [-0.25, -0.2) is 4.98 Å². The van der Waals surface area contributed by atoms with Gasteiger partial charge in [-0.2, -0.15) is 0 Å². The Morgan fingerprint density at radius 3 is 1.50 bits per heavy atom. The van der Waals surface area contributed by atoms with Crippen LogP contribution in [0, 0.1) is 0 Å². The number of hydrogen-bond donors (Lipinski definition) is 1. The molecule has 2 nitrogen and oxygen atoms in total. The van der Waals surface area contributed by atoms with Gasteiger partial charge < -0.3 is 5.11 Å². The first-order chi connectivity index (χ1) is 10.7. The Hall–Kier alpha value is -1.87. The van der Waals surface area contributed by atoms with Gasteiger partial charge in [-0.05, 0) is 42.0 Å². The summed E-state index contributed by atoms with van der Waals surface area (Å²) in [5, 5.41) is 10.9. The summed E-state index contributed by atoms with van der Waals surface area (Å²) >= 11 is 11.9. The van der Waals surface area contributed by atoms with Crippen LogP contribution in [0.2, 0.25) is 10.0 Å². The normalized spacial score (nSPS) is 10.7. The van der Waals surface area contributed by atoms with Crippen molar-refractivity contribution in [2.24, 2.45) is 0 Å². The van der Waals surface area contributed by atoms with E-state index in [1.807, 2.05) is 60.7 Å². The summed E-state index contributed by atoms with van der Waals surface area (Å²) in [7, 11) is 0. The molecule has 0 amide bonds. The molecule has 1 aromatic heterocycles. The fourth-order valence-corrected chi connectivity index (χ4v) is 2.47. The van der Waals surface area contributed by atoms with Crippen LogP contribution in [0.4, 0.5) is 0 Å². The van der Waals surface area contributed by atoms with Crippen LogP contribution >= 0.6 is 23.2 Å². The van der Waals surface area contributed by atoms with E-state index in [0.29, 0.717) is 10.0 Å². The number of aliphatic hydroxyl groups is 1. The van der Waals surface area contributed by atoms with Gasteiger partial charge in [0.2, 0.25) is 0 Å². The summed E-state index contributed by atoms with van der Waals surface area (Å²) in [5.41, 5.74) is 4.32. The summed E-state index contributed by atoms with van der Waals surface area (Å²) in [4.78, 5) is 4.68. The maximum atomic E-state index is 9.50. The van der Waals surface area contributed by atoms with E-state index < -0.39 is 0 Å². The van der Waals surface area contributed by atoms with Gasteiger partial charge in [-0.1, -0.05) is 47.5 Å². The monoisotopic (exact) mass is 329 g/mol. The Balaban J connectivity index is 2.10. The average Bonchev–Trinajstić information content (AvgIpc) is 2.55. The maximum Gasteiger partial charge on any atom is 0.0713 e. The molecule has 1 heterocycles. The van der Waals surface area contributed by atoms with Crippen molar-refractivity contribution < 1.29 is 5.11 Å². The average molecular weight is 330 g/mol. The fourth-order valence-electron chi connectivity index (χ4n) is 2.22. The lowest BCUT2D eigenvalue weighted by molar-refractivity contribution is 0.282. The van der Waals surface area contributed by atoms with Crippen LogP contribution in [-0.2, 0) is 6.61 Å². The third kappa shape index (κ3) is 3.30. The van der Waals surface area contributed by atoms with Gasteiger partial charge >= 0.3 is 0 Å². The molecule has 0 spiro atoms. The molecule has 0 atom stereocenters. The summed E-state index contributed by atoms with van der Waals surface area (Å²) < 4.78 is 0. The molecule has 1 N–H and O–H groups in total. The van der Waals surface area contributed by atoms with Crippen molar-refractivity contribution in [2.45, 2.75) is 6.61 Å². The van der Waals surface area contributed by atoms with E-state index in [0.717, 1.165) is 28.1 Å². The molecule has 0 saturated carbocycles. The Kier molecular flexibility index (Phi) is 4.44. The van der Waals surface area contributed by atoms with Gasteiger partial charge in [0.15, 0.2) is 0 Å². The quantitative estimate of drug-likeness (QED) is 0.715. The molecular formula is C18H13Cl2NO. The lowest BCUT2D eigenvalue weighted by Crippen LogP contribution is -1.93. The van der Waals surface area contributed by atoms with Gasteiger partial charge in [-0.3, -0.25) is 0 Å². The third-order valence-electron chi connectivity index (χ3n) is 3.35. The van der Waals surface area contributed by atoms with Gasteiger partial charge in [0.1, 0.15) is 0 Å². The van der Waals surface area contributed by atoms with Crippen LogP contribution in [0.25, 0.3) is 22.5 Å². The lowest BCUT2D eigenvalue weighted by atomic mass is 10.1. The zero-order valence-electron chi connectivity index (χ0n) is 11.6. The highest BCUT2D eigenvalue weighted by Gasteiger charge is 2.07. The molecule has 0 aliphatic carbocycles. The topological polar surface area (TPSA) is 33.1 Å². The molecule has 3 aromatic rings. The first kappa shape index (κ1) is 15.0. The highest BCUT2D eigenvalue weighted by molar-refractivity contribution is 6.30. The van der Waals surface area contributed by atoms with Crippen molar-refractivity contribution in [2.75, 3.05) is 0 Å². The first-order valence-corrected chi connectivity index (χ1v) is 7.55. The van der Waals surface area contributed by atoms with Crippen molar-refractivity contribution in [3.05, 3.63) is 76.3 Å². The smallest absolute Gasteiger partial charge is 0.0713 e. The zero-order chi connectivity index (χ0) is 15.5. The summed E-state index contributed by atoms with van der Waals surface area (Å²) in [6.07, 6.45) is 0. The Labute approximate surface area is 139 Å². The predicted molar refractivity (Wildman–Crippen MR) is 91.1 cm³/mol. The van der Waals surface area contributed by atoms with Crippen molar-refractivity contribution >= 4 is 23.2 Å². The SMILES string of the molecule is OCc1cc(-c2ccc(Cl)cc2)nc(-c2ccc(Cl)cc2)c1. The Bertz CT molecular complexity index is 719. The number of rotatable bonds is 3. The number of aromatic nitrogens is 1. The van der Waals surface area contributed by atoms with Crippen molar-refractivity contribution in [1.29, 1.82) is 0 Å². The minimum Gasteiger partial charge on any atom is -0.392 e. The van der Waals surface area contributed by atoms with Gasteiger partial charge in [0, 0.05) is 21.2 Å². The Morgan fingerprint density at radius 1 is 0.727 bits per heavy atom. The van der Waals surface area contributed by atoms with E-state index in [4.69, 9.17) is 23.2 Å². The molecule has 4 heteroatoms. The van der Waals surface area contributed by atoms with Gasteiger partial charge in [-0.15, -0.1) is 0 Å². The number of benzene rings is 2. The van der Waals surface area contributed by atoms with Crippen LogP contribution in [0.5, 0.6) is 0 Å². The zero-order valence-corrected chi connectivity index (χ0v) is 13.1. The van der Waals surface area contributed by atoms with E-state index >= 15 is 0 Å². The molecule has 0 aliphatic rings. The van der Waals surface area contributed by atoms with Crippen LogP contribution in [0.1, 0.15) is 5.56 Å². The highest BCUT2D eigenvalue weighted by atomic mass is 35.5. The predicted octanol–water partition coefficient (Wildman–Crippen LogP) is 5.21. The third-order valence-corrected chi connectivity index (χ3v) is 3.85. The fraction of sp³-hybridized carbons (Fsp3) is 0.0556. The summed E-state index contributed by atoms with van der Waals surface area (Å²) in [6.45, 7) is -0.0380. The highest BCUT2D eigenvalue weighted by Crippen LogP contribution is 2.26. The number of halogens is 2. The number of aliphatic hydroxyl groups excluding tert-OH is 1. The molecule has 0 aliphatic heterocycles. The number of pyridine rings is 1. The molecule has 0 bridgehead atoms. The van der Waals surface area contributed by atoms with Crippen LogP contribution in [0.3, 0.4) is 0 Å². The first-order valence-electron chi connectivity index (χ1n) is 6.79. The molecule has 110 valence electrons. The van der Waals surface area contributed by atoms with Crippen molar-refractivity contribution in [3.63, 3.8) is 0 Å². The molecule has 0 fully saturated rings. The van der Waals surface area contributed by atoms with Crippen LogP contribution in [-0.4, -0.2) is 10.1 Å². The van der Waals surface area contributed by atoms with Crippen LogP contribution < -0.4 is 0 Å². The van der Waals surface area contributed by atoms with Gasteiger partial charge in [0.05, 0.1) is 18.0 Å². The van der Waals surface area contributed by atoms with E-state index in [1.165, 1.54) is 0 Å². The van der Waals surface area contributed by atoms with Gasteiger partial charge in [0.25, 0.3) is 0 Å². The minimum atomic E-state index is -0.0380. The standard InChI is InChI=1S/C18H13Cl2NO/c19-15-5-1-13(2-6-15)17-9-12(11-22)10-18(21-17)14-3-7-16(20)8-4-14/h1-10,22H,11H2. The van der Waals surface area contributed by atoms with E-state index in [-0.39, 0.29) is 6.61 Å². The van der Waals surface area contributed by atoms with E-state index in [1.54, 1.807) is 0 Å². The second-order valence-corrected chi connectivity index (χ2v) is 5.79. The molecule has 3 rings (SSSR count). The largest absolute Gasteiger partial charge is 0.392 e. The Morgan fingerprint density at radius 2 is 1.14 bits per heavy atom. The molecule has 0 saturated heterocycles. The van der Waals surface area contributed by atoms with Crippen molar-refractivity contribution in [3.8, 4) is 22.5 Å². The van der Waals surface area contributed by atoms with Crippen LogP contribution in [0.15, 0.2) is 60.7 Å². The maximum absolute atomic E-state index is 9.50. The molecule has 0 unspecified atom stereocenters. The minimum absolute atomic E-state index is 0.0380. The second kappa shape index (κ2) is 6.49. The summed E-state index contributed by atoms with van der Waals surface area (Å²) in [6, 6.07) is 18.7. The summed E-state index contributed by atoms with van der Waals surface area (Å²) in [5.74, 6) is 0. The van der Waals surface area contributed by atoms with E-state index in [9.17, 15) is 5.11 Å². The lowest BCUT2D eigenvalue weighted by Gasteiger charge is -2.08. The molecule has 2 aromatic carbocycles. The second-order valence-electron chi connectivity index (χ2n) is 4.92. The molecule has 22 heavy (non-hydrogen) atoms.